The Balaban J connectivity index is 1.60. The van der Waals surface area contributed by atoms with Crippen LogP contribution in [0.3, 0.4) is 0 Å². The fourth-order valence-electron chi connectivity index (χ4n) is 5.47. The molecule has 1 aliphatic heterocycles. The van der Waals surface area contributed by atoms with E-state index in [2.05, 4.69) is 122 Å². The number of carbonyl (C=O) groups is 1. The Bertz CT molecular complexity index is 1440. The Morgan fingerprint density at radius 2 is 1.69 bits per heavy atom. The Hall–Kier alpha value is -2.69. The van der Waals surface area contributed by atoms with Crippen LogP contribution in [0.2, 0.25) is 0 Å². The van der Waals surface area contributed by atoms with Gasteiger partial charge in [-0.1, -0.05) is 94.8 Å². The molecule has 1 amide bonds. The molecule has 2 nitrogen and oxygen atoms in total. The number of fused-ring (bicyclic) bond motifs is 3. The van der Waals surface area contributed by atoms with E-state index in [1.165, 1.54) is 27.5 Å². The highest BCUT2D eigenvalue weighted by Crippen LogP contribution is 2.54. The van der Waals surface area contributed by atoms with Gasteiger partial charge in [0.25, 0.3) is 0 Å². The first-order chi connectivity index (χ1) is 15.6. The molecule has 4 heteroatoms. The molecule has 0 radical (unpaired) electrons. The van der Waals surface area contributed by atoms with E-state index < -0.39 is 5.41 Å². The first-order valence-corrected chi connectivity index (χ1v) is 12.2. The van der Waals surface area contributed by atoms with E-state index in [4.69, 9.17) is 0 Å². The molecule has 1 aliphatic carbocycles. The maximum atomic E-state index is 13.6. The van der Waals surface area contributed by atoms with Gasteiger partial charge in [0.05, 0.1) is 11.6 Å². The third kappa shape index (κ3) is 2.93. The molecule has 0 bridgehead atoms. The van der Waals surface area contributed by atoms with Gasteiger partial charge in [0, 0.05) is 14.4 Å². The van der Waals surface area contributed by atoms with Crippen LogP contribution in [0.4, 0.5) is 5.69 Å². The van der Waals surface area contributed by atoms with Gasteiger partial charge in [0.2, 0.25) is 5.91 Å². The van der Waals surface area contributed by atoms with E-state index in [1.54, 1.807) is 0 Å². The van der Waals surface area contributed by atoms with Gasteiger partial charge in [-0.2, -0.15) is 0 Å². The maximum Gasteiger partial charge on any atom is 0.233 e. The van der Waals surface area contributed by atoms with Crippen LogP contribution < -0.4 is 5.32 Å². The summed E-state index contributed by atoms with van der Waals surface area (Å²) in [5, 5.41) is 5.61. The smallest absolute Gasteiger partial charge is 0.233 e. The van der Waals surface area contributed by atoms with Crippen molar-refractivity contribution in [3.05, 3.63) is 116 Å². The zero-order valence-corrected chi connectivity index (χ0v) is 20.3. The molecule has 0 fully saturated rings. The number of nitrogens with one attached hydrogen (secondary N) is 1. The third-order valence-corrected chi connectivity index (χ3v) is 7.89. The number of hydrogen-bond donors (Lipinski definition) is 1. The lowest BCUT2D eigenvalue weighted by Crippen LogP contribution is -2.37. The van der Waals surface area contributed by atoms with Crippen molar-refractivity contribution < 1.29 is 4.79 Å². The summed E-state index contributed by atoms with van der Waals surface area (Å²) in [6, 6.07) is 27.5. The molecule has 0 saturated carbocycles. The minimum Gasteiger partial charge on any atom is -0.324 e. The molecule has 2 unspecified atom stereocenters. The van der Waals surface area contributed by atoms with Crippen LogP contribution in [0.15, 0.2) is 93.9 Å². The summed E-state index contributed by atoms with van der Waals surface area (Å²) in [5.74, 6) is -0.287. The second-order valence-corrected chi connectivity index (χ2v) is 10.3. The van der Waals surface area contributed by atoms with Crippen molar-refractivity contribution in [2.75, 3.05) is 5.32 Å². The predicted molar refractivity (Wildman–Crippen MR) is 138 cm³/mol. The molecule has 0 aromatic heterocycles. The number of allylic oxidation sites excluding steroid dienone is 1. The summed E-state index contributed by atoms with van der Waals surface area (Å²) in [6.07, 6.45) is 5.18. The molecular weight excluding hydrogens is 526 g/mol. The van der Waals surface area contributed by atoms with Crippen molar-refractivity contribution in [3.8, 4) is 0 Å². The van der Waals surface area contributed by atoms with Gasteiger partial charge < -0.3 is 5.32 Å². The number of benzene rings is 4. The van der Waals surface area contributed by atoms with Crippen molar-refractivity contribution >= 4 is 60.3 Å². The minimum absolute atomic E-state index is 0.0420. The number of hydrogen-bond acceptors (Lipinski definition) is 1. The fraction of sp³-hybridized carbons (Fsp3) is 0.107. The molecule has 1 heterocycles. The average molecular weight is 545 g/mol. The largest absolute Gasteiger partial charge is 0.324 e. The van der Waals surface area contributed by atoms with Gasteiger partial charge in [-0.25, -0.2) is 0 Å². The summed E-state index contributed by atoms with van der Waals surface area (Å²) in [7, 11) is 0. The molecule has 1 N–H and O–H groups in total. The molecule has 0 spiro atoms. The van der Waals surface area contributed by atoms with Gasteiger partial charge >= 0.3 is 0 Å². The summed E-state index contributed by atoms with van der Waals surface area (Å²) < 4.78 is 1.86. The van der Waals surface area contributed by atoms with E-state index >= 15 is 0 Å². The van der Waals surface area contributed by atoms with Crippen molar-refractivity contribution in [2.24, 2.45) is 0 Å². The SMILES string of the molecule is O=C1Nc2c(Br)cc(Br)cc2C1C1(Cc2cccc3ccccc23)C=Cc2ccccc21. The van der Waals surface area contributed by atoms with E-state index in [9.17, 15) is 4.79 Å². The van der Waals surface area contributed by atoms with Crippen molar-refractivity contribution in [3.63, 3.8) is 0 Å². The Morgan fingerprint density at radius 1 is 0.906 bits per heavy atom. The van der Waals surface area contributed by atoms with Crippen LogP contribution in [-0.4, -0.2) is 5.91 Å². The van der Waals surface area contributed by atoms with Crippen LogP contribution in [0.5, 0.6) is 0 Å². The lowest BCUT2D eigenvalue weighted by molar-refractivity contribution is -0.118. The number of halogens is 2. The highest BCUT2D eigenvalue weighted by atomic mass is 79.9. The first-order valence-electron chi connectivity index (χ1n) is 10.6. The normalized spacial score (nSPS) is 20.9. The van der Waals surface area contributed by atoms with Gasteiger partial charge in [0.15, 0.2) is 0 Å². The van der Waals surface area contributed by atoms with Crippen LogP contribution in [0.25, 0.3) is 16.8 Å². The fourth-order valence-corrected chi connectivity index (χ4v) is 6.82. The predicted octanol–water partition coefficient (Wildman–Crippen LogP) is 7.61. The molecule has 2 aliphatic rings. The Morgan fingerprint density at radius 3 is 2.59 bits per heavy atom. The molecule has 6 rings (SSSR count). The summed E-state index contributed by atoms with van der Waals surface area (Å²) in [5.41, 5.74) is 5.06. The quantitative estimate of drug-likeness (QED) is 0.282. The number of amides is 1. The second-order valence-electron chi connectivity index (χ2n) is 8.55. The first kappa shape index (κ1) is 20.0. The Labute approximate surface area is 203 Å². The van der Waals surface area contributed by atoms with Crippen LogP contribution in [-0.2, 0) is 16.6 Å². The molecule has 4 aromatic rings. The molecule has 4 aromatic carbocycles. The molecule has 32 heavy (non-hydrogen) atoms. The van der Waals surface area contributed by atoms with Crippen molar-refractivity contribution in [2.45, 2.75) is 17.8 Å². The summed E-state index contributed by atoms with van der Waals surface area (Å²) in [6.45, 7) is 0. The van der Waals surface area contributed by atoms with Gasteiger partial charge in [0.1, 0.15) is 0 Å². The number of carbonyl (C=O) groups excluding carboxylic acids is 1. The van der Waals surface area contributed by atoms with Crippen molar-refractivity contribution in [1.29, 1.82) is 0 Å². The molecule has 2 atom stereocenters. The van der Waals surface area contributed by atoms with Crippen molar-refractivity contribution in [1.82, 2.24) is 0 Å². The maximum absolute atomic E-state index is 13.6. The number of rotatable bonds is 3. The average Bonchev–Trinajstić information content (AvgIpc) is 3.32. The molecule has 0 saturated heterocycles. The lowest BCUT2D eigenvalue weighted by atomic mass is 9.65. The van der Waals surface area contributed by atoms with E-state index in [1.807, 2.05) is 6.07 Å². The van der Waals surface area contributed by atoms with Gasteiger partial charge in [-0.15, -0.1) is 0 Å². The highest BCUT2D eigenvalue weighted by molar-refractivity contribution is 9.11. The lowest BCUT2D eigenvalue weighted by Gasteiger charge is -2.35. The zero-order valence-electron chi connectivity index (χ0n) is 17.1. The van der Waals surface area contributed by atoms with E-state index in [0.717, 1.165) is 26.6 Å². The van der Waals surface area contributed by atoms with Gasteiger partial charge in [-0.3, -0.25) is 4.79 Å². The molecular formula is C28H19Br2NO. The number of anilines is 1. The van der Waals surface area contributed by atoms with Crippen LogP contribution >= 0.6 is 31.9 Å². The third-order valence-electron chi connectivity index (χ3n) is 6.81. The zero-order chi connectivity index (χ0) is 21.9. The summed E-state index contributed by atoms with van der Waals surface area (Å²) >= 11 is 7.28. The second kappa shape index (κ2) is 7.43. The summed E-state index contributed by atoms with van der Waals surface area (Å²) in [4.78, 5) is 13.6. The Kier molecular flexibility index (Phi) is 4.63. The molecule has 156 valence electrons. The standard InChI is InChI=1S/C28H19Br2NO/c29-20-14-22-25(27(32)31-26(22)24(30)15-20)28(13-12-18-7-2-4-11-23(18)28)16-19-9-5-8-17-6-1-3-10-21(17)19/h1-15,25H,16H2,(H,31,32). The topological polar surface area (TPSA) is 29.1 Å². The van der Waals surface area contributed by atoms with E-state index in [0.29, 0.717) is 0 Å². The van der Waals surface area contributed by atoms with Crippen LogP contribution in [0, 0.1) is 0 Å². The van der Waals surface area contributed by atoms with E-state index in [-0.39, 0.29) is 11.8 Å². The van der Waals surface area contributed by atoms with Crippen LogP contribution in [0.1, 0.15) is 28.2 Å². The highest BCUT2D eigenvalue weighted by Gasteiger charge is 2.50. The minimum atomic E-state index is -0.476. The van der Waals surface area contributed by atoms with Gasteiger partial charge in [-0.05, 0) is 67.5 Å². The monoisotopic (exact) mass is 543 g/mol.